The van der Waals surface area contributed by atoms with Crippen LogP contribution in [0.15, 0.2) is 46.2 Å². The number of hydrogen-bond donors (Lipinski definition) is 4. The first kappa shape index (κ1) is 55.9. The molecule has 0 aliphatic carbocycles. The molecule has 0 fully saturated rings. The number of rotatable bonds is 34. The summed E-state index contributed by atoms with van der Waals surface area (Å²) in [7, 11) is -8.81. The van der Waals surface area contributed by atoms with Gasteiger partial charge in [0, 0.05) is 0 Å². The third-order valence-electron chi connectivity index (χ3n) is 12.1. The zero-order chi connectivity index (χ0) is 43.3. The smallest absolute Gasteiger partial charge is 0.744 e. The van der Waals surface area contributed by atoms with Gasteiger partial charge >= 0.3 is 37.7 Å². The van der Waals surface area contributed by atoms with Crippen molar-refractivity contribution in [2.45, 2.75) is 241 Å². The number of benzene rings is 2. The van der Waals surface area contributed by atoms with Crippen molar-refractivity contribution in [2.75, 3.05) is 21.3 Å². The molecule has 2 aromatic rings. The molecule has 0 spiro atoms. The van der Waals surface area contributed by atoms with E-state index >= 15 is 0 Å². The fourth-order valence-electron chi connectivity index (χ4n) is 8.40. The molecule has 2 unspecified atom stereocenters. The molecule has 0 saturated carbocycles. The van der Waals surface area contributed by atoms with E-state index in [1.807, 2.05) is 0 Å². The van der Waals surface area contributed by atoms with Crippen LogP contribution in [-0.4, -0.2) is 76.0 Å². The van der Waals surface area contributed by atoms with Gasteiger partial charge < -0.3 is 30.4 Å². The minimum Gasteiger partial charge on any atom is -0.744 e. The monoisotopic (exact) mass is 915 g/mol. The maximum Gasteiger partial charge on any atom is 2.00 e. The average Bonchev–Trinajstić information content (AvgIpc) is 3.83. The van der Waals surface area contributed by atoms with Crippen LogP contribution in [0.4, 0.5) is 22.7 Å². The van der Waals surface area contributed by atoms with E-state index in [-0.39, 0.29) is 59.9 Å². The number of fused-ring (bicyclic) bond motifs is 2. The van der Waals surface area contributed by atoms with Crippen molar-refractivity contribution in [1.82, 2.24) is 0 Å². The Morgan fingerprint density at radius 2 is 0.607 bits per heavy atom. The van der Waals surface area contributed by atoms with Gasteiger partial charge in [0.1, 0.15) is 20.2 Å². The van der Waals surface area contributed by atoms with Gasteiger partial charge in [0.2, 0.25) is 0 Å². The Morgan fingerprint density at radius 3 is 0.852 bits per heavy atom. The molecule has 344 valence electrons. The maximum absolute atomic E-state index is 11.1. The Kier molecular flexibility index (Phi) is 30.4. The van der Waals surface area contributed by atoms with Gasteiger partial charge in [0.25, 0.3) is 0 Å². The molecule has 2 heterocycles. The van der Waals surface area contributed by atoms with Crippen molar-refractivity contribution in [1.29, 1.82) is 0 Å². The van der Waals surface area contributed by atoms with Crippen molar-refractivity contribution in [3.8, 4) is 0 Å². The SMILES string of the molecule is CCCCCCCCCCCCCCCCCC1Nc2ccc(S(=O)(=O)[O-])cc2N1.CCCCCCCCCCCCCCCCCC1Nc2ccc(S(=O)(=O)[O-])cc2N1.[Ca+2]. The van der Waals surface area contributed by atoms with Crippen LogP contribution in [0, 0.1) is 0 Å². The van der Waals surface area contributed by atoms with Gasteiger partial charge in [0.15, 0.2) is 0 Å². The van der Waals surface area contributed by atoms with Crippen molar-refractivity contribution in [3.63, 3.8) is 0 Å². The fraction of sp³-hybridized carbons (Fsp3) is 0.750. The second kappa shape index (κ2) is 33.2. The molecule has 4 N–H and O–H groups in total. The van der Waals surface area contributed by atoms with Crippen LogP contribution in [0.5, 0.6) is 0 Å². The van der Waals surface area contributed by atoms with E-state index in [1.54, 1.807) is 12.1 Å². The molecule has 2 atom stereocenters. The zero-order valence-electron chi connectivity index (χ0n) is 38.2. The van der Waals surface area contributed by atoms with Gasteiger partial charge in [-0.2, -0.15) is 0 Å². The summed E-state index contributed by atoms with van der Waals surface area (Å²) in [5.74, 6) is 0. The largest absolute Gasteiger partial charge is 2.00 e. The molecule has 2 aliphatic heterocycles. The van der Waals surface area contributed by atoms with E-state index in [4.69, 9.17) is 0 Å². The Morgan fingerprint density at radius 1 is 0.377 bits per heavy atom. The van der Waals surface area contributed by atoms with Gasteiger partial charge in [-0.1, -0.05) is 194 Å². The molecule has 0 saturated heterocycles. The van der Waals surface area contributed by atoms with Crippen molar-refractivity contribution in [3.05, 3.63) is 36.4 Å². The fourth-order valence-corrected chi connectivity index (χ4v) is 9.39. The molecule has 0 aromatic heterocycles. The van der Waals surface area contributed by atoms with E-state index < -0.39 is 20.2 Å². The van der Waals surface area contributed by atoms with Gasteiger partial charge in [-0.25, -0.2) is 16.8 Å². The third-order valence-corrected chi connectivity index (χ3v) is 13.7. The number of anilines is 4. The van der Waals surface area contributed by atoms with E-state index in [0.29, 0.717) is 11.4 Å². The molecule has 10 nitrogen and oxygen atoms in total. The molecule has 61 heavy (non-hydrogen) atoms. The summed E-state index contributed by atoms with van der Waals surface area (Å²) in [5, 5.41) is 13.3. The molecule has 0 radical (unpaired) electrons. The number of nitrogens with one attached hydrogen (secondary N) is 4. The van der Waals surface area contributed by atoms with Gasteiger partial charge in [0.05, 0.1) is 44.9 Å². The summed E-state index contributed by atoms with van der Waals surface area (Å²) in [6.07, 6.45) is 42.9. The van der Waals surface area contributed by atoms with E-state index in [0.717, 1.165) is 37.1 Å². The normalized spacial score (nSPS) is 15.3. The molecule has 2 aromatic carbocycles. The summed E-state index contributed by atoms with van der Waals surface area (Å²) >= 11 is 0. The van der Waals surface area contributed by atoms with Crippen molar-refractivity contribution >= 4 is 80.7 Å². The van der Waals surface area contributed by atoms with E-state index in [9.17, 15) is 25.9 Å². The van der Waals surface area contributed by atoms with Gasteiger partial charge in [-0.3, -0.25) is 0 Å². The van der Waals surface area contributed by atoms with Crippen LogP contribution < -0.4 is 21.3 Å². The van der Waals surface area contributed by atoms with Crippen LogP contribution >= 0.6 is 0 Å². The summed E-state index contributed by atoms with van der Waals surface area (Å²) in [5.41, 5.74) is 3.15. The van der Waals surface area contributed by atoms with Crippen LogP contribution in [-0.2, 0) is 20.2 Å². The predicted octanol–water partition coefficient (Wildman–Crippen LogP) is 13.7. The Hall–Kier alpha value is -1.28. The van der Waals surface area contributed by atoms with Gasteiger partial charge in [-0.05, 0) is 62.1 Å². The summed E-state index contributed by atoms with van der Waals surface area (Å²) in [6.45, 7) is 4.54. The molecule has 4 rings (SSSR count). The zero-order valence-corrected chi connectivity index (χ0v) is 42.1. The first-order valence-corrected chi connectivity index (χ1v) is 27.1. The summed E-state index contributed by atoms with van der Waals surface area (Å²) < 4.78 is 66.8. The molecule has 13 heteroatoms. The van der Waals surface area contributed by atoms with Gasteiger partial charge in [-0.15, -0.1) is 0 Å². The van der Waals surface area contributed by atoms with Crippen molar-refractivity contribution in [2.24, 2.45) is 0 Å². The predicted molar refractivity (Wildman–Crippen MR) is 256 cm³/mol. The topological polar surface area (TPSA) is 163 Å². The number of unbranched alkanes of at least 4 members (excludes halogenated alkanes) is 28. The Bertz CT molecular complexity index is 1540. The summed E-state index contributed by atoms with van der Waals surface area (Å²) in [4.78, 5) is -0.355. The Labute approximate surface area is 402 Å². The first-order chi connectivity index (χ1) is 29.0. The molecule has 0 bridgehead atoms. The molecular weight excluding hydrogens is 833 g/mol. The second-order valence-corrected chi connectivity index (χ2v) is 20.2. The molecule has 0 amide bonds. The van der Waals surface area contributed by atoms with E-state index in [2.05, 4.69) is 35.1 Å². The van der Waals surface area contributed by atoms with Crippen LogP contribution in [0.3, 0.4) is 0 Å². The average molecular weight is 915 g/mol. The van der Waals surface area contributed by atoms with E-state index in [1.165, 1.54) is 204 Å². The Balaban J connectivity index is 0.000000413. The maximum atomic E-state index is 11.1. The minimum absolute atomic E-state index is 0. The standard InChI is InChI=1S/2C24H42N2O3S.Ca/c2*1-2-3-4-5-6-7-8-9-10-11-12-13-14-15-16-17-24-25-22-19-18-21(30(27,28)29)20-23(22)26-24;/h2*18-20,24-26H,2-17H2,1H3,(H,27,28,29);/q;;+2/p-2. The first-order valence-electron chi connectivity index (χ1n) is 24.3. The summed E-state index contributed by atoms with van der Waals surface area (Å²) in [6, 6.07) is 8.92. The van der Waals surface area contributed by atoms with Crippen LogP contribution in [0.2, 0.25) is 0 Å². The molecular formula is C48H82CaN4O6S2. The second-order valence-electron chi connectivity index (χ2n) is 17.5. The quantitative estimate of drug-likeness (QED) is 0.0302. The van der Waals surface area contributed by atoms with Crippen molar-refractivity contribution < 1.29 is 25.9 Å². The minimum atomic E-state index is -4.40. The number of hydrogen-bond acceptors (Lipinski definition) is 10. The molecule has 2 aliphatic rings. The third kappa shape index (κ3) is 25.1. The van der Waals surface area contributed by atoms with Crippen LogP contribution in [0.25, 0.3) is 0 Å². The van der Waals surface area contributed by atoms with Crippen LogP contribution in [0.1, 0.15) is 219 Å².